The van der Waals surface area contributed by atoms with Gasteiger partial charge < -0.3 is 8.98 Å². The van der Waals surface area contributed by atoms with Gasteiger partial charge in [0.25, 0.3) is 5.24 Å². The summed E-state index contributed by atoms with van der Waals surface area (Å²) >= 11 is 5.37. The van der Waals surface area contributed by atoms with Crippen LogP contribution in [0, 0.1) is 0 Å². The number of furan rings is 1. The smallest absolute Gasteiger partial charge is 0.416 e. The predicted molar refractivity (Wildman–Crippen MR) is 72.6 cm³/mol. The molecule has 0 amide bonds. The molecule has 0 aliphatic rings. The highest BCUT2D eigenvalue weighted by Crippen LogP contribution is 2.36. The van der Waals surface area contributed by atoms with E-state index in [9.17, 15) is 18.0 Å². The standard InChI is InChI=1S/C14H9ClF3NO2/c1-2-19-9-5-7(14(16,17)18)3-4-8(9)12-10(19)6-11(21-12)13(15)20/h3-6H,2H2,1H3. The molecule has 0 fully saturated rings. The topological polar surface area (TPSA) is 35.1 Å². The first-order chi connectivity index (χ1) is 9.82. The van der Waals surface area contributed by atoms with Gasteiger partial charge in [-0.3, -0.25) is 4.79 Å². The highest BCUT2D eigenvalue weighted by atomic mass is 35.5. The highest BCUT2D eigenvalue weighted by molar-refractivity contribution is 6.67. The van der Waals surface area contributed by atoms with Gasteiger partial charge in [-0.1, -0.05) is 0 Å². The molecule has 3 nitrogen and oxygen atoms in total. The number of nitrogens with zero attached hydrogens (tertiary/aromatic N) is 1. The summed E-state index contributed by atoms with van der Waals surface area (Å²) in [6.07, 6.45) is -4.41. The van der Waals surface area contributed by atoms with Crippen LogP contribution in [0.5, 0.6) is 0 Å². The van der Waals surface area contributed by atoms with Crippen LogP contribution in [-0.2, 0) is 12.7 Å². The number of hydrogen-bond donors (Lipinski definition) is 0. The number of aryl methyl sites for hydroxylation is 1. The monoisotopic (exact) mass is 315 g/mol. The zero-order chi connectivity index (χ0) is 15.4. The maximum atomic E-state index is 12.8. The molecule has 1 aromatic carbocycles. The second-order valence-corrected chi connectivity index (χ2v) is 4.92. The van der Waals surface area contributed by atoms with E-state index in [0.29, 0.717) is 28.5 Å². The minimum atomic E-state index is -4.41. The summed E-state index contributed by atoms with van der Waals surface area (Å²) in [7, 11) is 0. The maximum absolute atomic E-state index is 12.8. The molecule has 0 radical (unpaired) electrons. The number of rotatable bonds is 2. The number of hydrogen-bond acceptors (Lipinski definition) is 2. The Kier molecular flexibility index (Phi) is 3.02. The second kappa shape index (κ2) is 4.53. The summed E-state index contributed by atoms with van der Waals surface area (Å²) in [4.78, 5) is 11.1. The molecule has 0 N–H and O–H groups in total. The van der Waals surface area contributed by atoms with E-state index in [1.807, 2.05) is 0 Å². The van der Waals surface area contributed by atoms with Gasteiger partial charge in [-0.05, 0) is 36.7 Å². The van der Waals surface area contributed by atoms with Crippen molar-refractivity contribution in [3.63, 3.8) is 0 Å². The van der Waals surface area contributed by atoms with Crippen LogP contribution in [0.4, 0.5) is 13.2 Å². The molecule has 2 aromatic heterocycles. The zero-order valence-electron chi connectivity index (χ0n) is 10.8. The zero-order valence-corrected chi connectivity index (χ0v) is 11.5. The number of benzene rings is 1. The molecule has 3 aromatic rings. The van der Waals surface area contributed by atoms with Crippen molar-refractivity contribution in [1.29, 1.82) is 0 Å². The number of alkyl halides is 3. The third-order valence-electron chi connectivity index (χ3n) is 3.37. The fraction of sp³-hybridized carbons (Fsp3) is 0.214. The van der Waals surface area contributed by atoms with E-state index in [0.717, 1.165) is 12.1 Å². The van der Waals surface area contributed by atoms with E-state index in [1.54, 1.807) is 11.5 Å². The van der Waals surface area contributed by atoms with E-state index in [4.69, 9.17) is 16.0 Å². The lowest BCUT2D eigenvalue weighted by atomic mass is 10.1. The molecular weight excluding hydrogens is 307 g/mol. The summed E-state index contributed by atoms with van der Waals surface area (Å²) in [6.45, 7) is 2.24. The Bertz CT molecular complexity index is 860. The molecule has 21 heavy (non-hydrogen) atoms. The van der Waals surface area contributed by atoms with Crippen molar-refractivity contribution in [3.05, 3.63) is 35.6 Å². The SMILES string of the molecule is CCn1c2cc(C(F)(F)F)ccc2c2oc(C(=O)Cl)cc21. The second-order valence-electron chi connectivity index (χ2n) is 4.57. The molecule has 0 bridgehead atoms. The van der Waals surface area contributed by atoms with Crippen LogP contribution in [0.2, 0.25) is 0 Å². The average molecular weight is 316 g/mol. The quantitative estimate of drug-likeness (QED) is 0.636. The Morgan fingerprint density at radius 2 is 2.00 bits per heavy atom. The normalized spacial score (nSPS) is 12.4. The van der Waals surface area contributed by atoms with Crippen molar-refractivity contribution in [1.82, 2.24) is 4.57 Å². The highest BCUT2D eigenvalue weighted by Gasteiger charge is 2.31. The Morgan fingerprint density at radius 3 is 2.57 bits per heavy atom. The fourth-order valence-corrected chi connectivity index (χ4v) is 2.56. The number of halogens is 4. The van der Waals surface area contributed by atoms with Crippen molar-refractivity contribution in [2.75, 3.05) is 0 Å². The van der Waals surface area contributed by atoms with E-state index in [2.05, 4.69) is 0 Å². The molecule has 7 heteroatoms. The van der Waals surface area contributed by atoms with Gasteiger partial charge in [-0.15, -0.1) is 0 Å². The van der Waals surface area contributed by atoms with E-state index < -0.39 is 17.0 Å². The fourth-order valence-electron chi connectivity index (χ4n) is 2.47. The lowest BCUT2D eigenvalue weighted by Gasteiger charge is -2.08. The van der Waals surface area contributed by atoms with Crippen molar-refractivity contribution in [2.45, 2.75) is 19.6 Å². The van der Waals surface area contributed by atoms with E-state index in [1.165, 1.54) is 12.1 Å². The lowest BCUT2D eigenvalue weighted by molar-refractivity contribution is -0.137. The molecule has 110 valence electrons. The van der Waals surface area contributed by atoms with Gasteiger partial charge in [0.15, 0.2) is 11.3 Å². The third kappa shape index (κ3) is 2.10. The van der Waals surface area contributed by atoms with Gasteiger partial charge >= 0.3 is 6.18 Å². The molecular formula is C14H9ClF3NO2. The number of fused-ring (bicyclic) bond motifs is 3. The number of carbonyl (C=O) groups is 1. The van der Waals surface area contributed by atoms with Crippen molar-refractivity contribution in [2.24, 2.45) is 0 Å². The van der Waals surface area contributed by atoms with Gasteiger partial charge in [0.05, 0.1) is 16.6 Å². The van der Waals surface area contributed by atoms with Crippen LogP contribution in [0.25, 0.3) is 22.0 Å². The largest absolute Gasteiger partial charge is 0.449 e. The first kappa shape index (κ1) is 14.0. The van der Waals surface area contributed by atoms with E-state index in [-0.39, 0.29) is 5.76 Å². The maximum Gasteiger partial charge on any atom is 0.416 e. The predicted octanol–water partition coefficient (Wildman–Crippen LogP) is 4.81. The summed E-state index contributed by atoms with van der Waals surface area (Å²) in [5.41, 5.74) is 0.605. The van der Waals surface area contributed by atoms with Crippen LogP contribution < -0.4 is 0 Å². The van der Waals surface area contributed by atoms with Gasteiger partial charge in [-0.2, -0.15) is 13.2 Å². The molecule has 0 spiro atoms. The summed E-state index contributed by atoms with van der Waals surface area (Å²) in [5.74, 6) is -0.0225. The molecule has 0 unspecified atom stereocenters. The summed E-state index contributed by atoms with van der Waals surface area (Å²) < 4.78 is 45.5. The Morgan fingerprint density at radius 1 is 1.29 bits per heavy atom. The molecule has 2 heterocycles. The Labute approximate surface area is 121 Å². The van der Waals surface area contributed by atoms with Crippen LogP contribution in [0.15, 0.2) is 28.7 Å². The molecule has 0 atom stereocenters. The molecule has 0 saturated heterocycles. The first-order valence-electron chi connectivity index (χ1n) is 6.15. The minimum absolute atomic E-state index is 0.0225. The van der Waals surface area contributed by atoms with Crippen molar-refractivity contribution < 1.29 is 22.4 Å². The van der Waals surface area contributed by atoms with Crippen molar-refractivity contribution >= 4 is 38.8 Å². The molecule has 0 saturated carbocycles. The Balaban J connectivity index is 2.36. The number of aromatic nitrogens is 1. The van der Waals surface area contributed by atoms with Crippen LogP contribution in [-0.4, -0.2) is 9.81 Å². The Hall–Kier alpha value is -1.95. The first-order valence-corrected chi connectivity index (χ1v) is 6.53. The van der Waals surface area contributed by atoms with Gasteiger partial charge in [0, 0.05) is 18.0 Å². The van der Waals surface area contributed by atoms with Gasteiger partial charge in [-0.25, -0.2) is 0 Å². The number of carbonyl (C=O) groups excluding carboxylic acids is 1. The third-order valence-corrected chi connectivity index (χ3v) is 3.56. The minimum Gasteiger partial charge on any atom is -0.449 e. The van der Waals surface area contributed by atoms with Crippen molar-refractivity contribution in [3.8, 4) is 0 Å². The molecule has 3 rings (SSSR count). The van der Waals surface area contributed by atoms with Crippen LogP contribution >= 0.6 is 11.6 Å². The van der Waals surface area contributed by atoms with E-state index >= 15 is 0 Å². The van der Waals surface area contributed by atoms with Crippen LogP contribution in [0.1, 0.15) is 23.0 Å². The molecule has 0 aliphatic carbocycles. The average Bonchev–Trinajstić information content (AvgIpc) is 2.93. The lowest BCUT2D eigenvalue weighted by Crippen LogP contribution is -2.05. The van der Waals surface area contributed by atoms with Crippen LogP contribution in [0.3, 0.4) is 0 Å². The van der Waals surface area contributed by atoms with Gasteiger partial charge in [0.2, 0.25) is 0 Å². The van der Waals surface area contributed by atoms with Gasteiger partial charge in [0.1, 0.15) is 0 Å². The molecule has 0 aliphatic heterocycles. The summed E-state index contributed by atoms with van der Waals surface area (Å²) in [6, 6.07) is 4.86. The summed E-state index contributed by atoms with van der Waals surface area (Å²) in [5, 5.41) is -0.224.